The number of aromatic nitrogens is 2. The van der Waals surface area contributed by atoms with E-state index in [0.29, 0.717) is 0 Å². The summed E-state index contributed by atoms with van der Waals surface area (Å²) in [7, 11) is 0. The van der Waals surface area contributed by atoms with E-state index in [2.05, 4.69) is 5.10 Å². The van der Waals surface area contributed by atoms with Crippen molar-refractivity contribution in [3.05, 3.63) is 53.1 Å². The molecule has 0 fully saturated rings. The quantitative estimate of drug-likeness (QED) is 0.755. The lowest BCUT2D eigenvalue weighted by atomic mass is 10.0. The highest BCUT2D eigenvalue weighted by Crippen LogP contribution is 2.34. The molecular weight excluding hydrogens is 248 g/mol. The maximum absolute atomic E-state index is 13.4. The van der Waals surface area contributed by atoms with Crippen LogP contribution in [0.25, 0.3) is 0 Å². The van der Waals surface area contributed by atoms with Crippen molar-refractivity contribution in [2.45, 2.75) is 19.6 Å². The zero-order valence-corrected chi connectivity index (χ0v) is 9.50. The summed E-state index contributed by atoms with van der Waals surface area (Å²) in [5.41, 5.74) is -0.913. The number of nitrogens with zero attached hydrogens (tertiary/aromatic N) is 2. The molecule has 1 heterocycles. The summed E-state index contributed by atoms with van der Waals surface area (Å²) < 4.78 is 53.2. The largest absolute Gasteiger partial charge is 0.416 e. The molecule has 2 rings (SSSR count). The van der Waals surface area contributed by atoms with Crippen molar-refractivity contribution in [2.24, 2.45) is 0 Å². The third kappa shape index (κ3) is 2.37. The van der Waals surface area contributed by atoms with E-state index in [4.69, 9.17) is 0 Å². The van der Waals surface area contributed by atoms with Crippen molar-refractivity contribution in [3.8, 4) is 0 Å². The fourth-order valence-corrected chi connectivity index (χ4v) is 1.75. The molecule has 2 nitrogen and oxygen atoms in total. The van der Waals surface area contributed by atoms with E-state index >= 15 is 0 Å². The van der Waals surface area contributed by atoms with Crippen LogP contribution in [0.1, 0.15) is 16.7 Å². The van der Waals surface area contributed by atoms with Crippen molar-refractivity contribution >= 4 is 0 Å². The van der Waals surface area contributed by atoms with Gasteiger partial charge in [-0.1, -0.05) is 0 Å². The molecule has 0 amide bonds. The van der Waals surface area contributed by atoms with E-state index in [1.165, 1.54) is 24.0 Å². The first-order chi connectivity index (χ1) is 8.39. The SMILES string of the molecule is Cc1c(F)ccc(C(F)(F)F)c1Cn1cccn1. The van der Waals surface area contributed by atoms with E-state index in [1.54, 1.807) is 6.07 Å². The molecule has 0 saturated carbocycles. The Morgan fingerprint density at radius 2 is 2.00 bits per heavy atom. The van der Waals surface area contributed by atoms with Crippen LogP contribution in [-0.4, -0.2) is 9.78 Å². The van der Waals surface area contributed by atoms with Crippen molar-refractivity contribution in [2.75, 3.05) is 0 Å². The molecule has 1 aromatic heterocycles. The lowest BCUT2D eigenvalue weighted by molar-refractivity contribution is -0.138. The number of hydrogen-bond acceptors (Lipinski definition) is 1. The van der Waals surface area contributed by atoms with Crippen molar-refractivity contribution in [3.63, 3.8) is 0 Å². The lowest BCUT2D eigenvalue weighted by Crippen LogP contribution is -2.14. The first-order valence-electron chi connectivity index (χ1n) is 5.22. The molecule has 0 saturated heterocycles. The van der Waals surface area contributed by atoms with E-state index in [0.717, 1.165) is 12.1 Å². The highest BCUT2D eigenvalue weighted by atomic mass is 19.4. The van der Waals surface area contributed by atoms with Gasteiger partial charge in [0.25, 0.3) is 0 Å². The van der Waals surface area contributed by atoms with Crippen LogP contribution in [-0.2, 0) is 12.7 Å². The van der Waals surface area contributed by atoms with Gasteiger partial charge in [0, 0.05) is 12.4 Å². The molecule has 0 aliphatic carbocycles. The minimum Gasteiger partial charge on any atom is -0.268 e. The Bertz CT molecular complexity index is 544. The Kier molecular flexibility index (Phi) is 3.11. The minimum absolute atomic E-state index is 0.000301. The summed E-state index contributed by atoms with van der Waals surface area (Å²) in [4.78, 5) is 0. The molecule has 0 spiro atoms. The van der Waals surface area contributed by atoms with Crippen molar-refractivity contribution in [1.29, 1.82) is 0 Å². The third-order valence-electron chi connectivity index (χ3n) is 2.72. The summed E-state index contributed by atoms with van der Waals surface area (Å²) in [6, 6.07) is 3.20. The molecule has 96 valence electrons. The molecule has 2 aromatic rings. The number of rotatable bonds is 2. The van der Waals surface area contributed by atoms with Crippen LogP contribution in [0, 0.1) is 12.7 Å². The van der Waals surface area contributed by atoms with E-state index < -0.39 is 17.6 Å². The molecule has 18 heavy (non-hydrogen) atoms. The number of hydrogen-bond donors (Lipinski definition) is 0. The predicted molar refractivity (Wildman–Crippen MR) is 57.5 cm³/mol. The van der Waals surface area contributed by atoms with Gasteiger partial charge in [-0.05, 0) is 36.2 Å². The first kappa shape index (κ1) is 12.6. The Morgan fingerprint density at radius 1 is 1.28 bits per heavy atom. The van der Waals surface area contributed by atoms with Gasteiger partial charge in [0.1, 0.15) is 5.82 Å². The van der Waals surface area contributed by atoms with Crippen LogP contribution in [0.5, 0.6) is 0 Å². The molecular formula is C12H10F4N2. The van der Waals surface area contributed by atoms with E-state index in [1.807, 2.05) is 0 Å². The summed E-state index contributed by atoms with van der Waals surface area (Å²) in [5, 5.41) is 3.83. The molecule has 0 N–H and O–H groups in total. The maximum Gasteiger partial charge on any atom is 0.416 e. The van der Waals surface area contributed by atoms with Gasteiger partial charge >= 0.3 is 6.18 Å². The molecule has 0 aliphatic heterocycles. The minimum atomic E-state index is -4.50. The second-order valence-electron chi connectivity index (χ2n) is 3.90. The smallest absolute Gasteiger partial charge is 0.268 e. The predicted octanol–water partition coefficient (Wildman–Crippen LogP) is 3.40. The summed E-state index contributed by atoms with van der Waals surface area (Å²) >= 11 is 0. The molecule has 1 aromatic carbocycles. The van der Waals surface area contributed by atoms with Crippen LogP contribution in [0.4, 0.5) is 17.6 Å². The molecule has 0 unspecified atom stereocenters. The number of halogens is 4. The number of benzene rings is 1. The van der Waals surface area contributed by atoms with Crippen molar-refractivity contribution < 1.29 is 17.6 Å². The molecule has 0 atom stereocenters. The fraction of sp³-hybridized carbons (Fsp3) is 0.250. The van der Waals surface area contributed by atoms with Gasteiger partial charge in [0.2, 0.25) is 0 Å². The Labute approximate surface area is 101 Å². The highest BCUT2D eigenvalue weighted by molar-refractivity contribution is 5.37. The van der Waals surface area contributed by atoms with Gasteiger partial charge in [0.05, 0.1) is 12.1 Å². The number of alkyl halides is 3. The molecule has 0 radical (unpaired) electrons. The van der Waals surface area contributed by atoms with Gasteiger partial charge in [-0.25, -0.2) is 4.39 Å². The standard InChI is InChI=1S/C12H10F4N2/c1-8-9(7-18-6-2-5-17-18)10(12(14,15)16)3-4-11(8)13/h2-6H,7H2,1H3. The van der Waals surface area contributed by atoms with Gasteiger partial charge in [0.15, 0.2) is 0 Å². The lowest BCUT2D eigenvalue weighted by Gasteiger charge is -2.15. The third-order valence-corrected chi connectivity index (χ3v) is 2.72. The Balaban J connectivity index is 2.52. The summed E-state index contributed by atoms with van der Waals surface area (Å²) in [5.74, 6) is -0.648. The first-order valence-corrected chi connectivity index (χ1v) is 5.22. The van der Waals surface area contributed by atoms with Gasteiger partial charge < -0.3 is 0 Å². The fourth-order valence-electron chi connectivity index (χ4n) is 1.75. The molecule has 6 heteroatoms. The highest BCUT2D eigenvalue weighted by Gasteiger charge is 2.34. The van der Waals surface area contributed by atoms with Crippen molar-refractivity contribution in [1.82, 2.24) is 9.78 Å². The second-order valence-corrected chi connectivity index (χ2v) is 3.90. The van der Waals surface area contributed by atoms with Gasteiger partial charge in [-0.2, -0.15) is 18.3 Å². The monoisotopic (exact) mass is 258 g/mol. The second kappa shape index (κ2) is 4.44. The van der Waals surface area contributed by atoms with Crippen LogP contribution >= 0.6 is 0 Å². The van der Waals surface area contributed by atoms with E-state index in [9.17, 15) is 17.6 Å². The zero-order chi connectivity index (χ0) is 13.3. The summed E-state index contributed by atoms with van der Waals surface area (Å²) in [6.07, 6.45) is -1.51. The topological polar surface area (TPSA) is 17.8 Å². The van der Waals surface area contributed by atoms with Gasteiger partial charge in [-0.15, -0.1) is 0 Å². The van der Waals surface area contributed by atoms with Crippen LogP contribution < -0.4 is 0 Å². The van der Waals surface area contributed by atoms with Crippen LogP contribution in [0.3, 0.4) is 0 Å². The van der Waals surface area contributed by atoms with Gasteiger partial charge in [-0.3, -0.25) is 4.68 Å². The average Bonchev–Trinajstić information content (AvgIpc) is 2.76. The molecule has 0 aliphatic rings. The normalized spacial score (nSPS) is 11.8. The zero-order valence-electron chi connectivity index (χ0n) is 9.50. The van der Waals surface area contributed by atoms with Crippen LogP contribution in [0.2, 0.25) is 0 Å². The Morgan fingerprint density at radius 3 is 2.56 bits per heavy atom. The Hall–Kier alpha value is -1.85. The maximum atomic E-state index is 13.4. The van der Waals surface area contributed by atoms with E-state index in [-0.39, 0.29) is 17.7 Å². The van der Waals surface area contributed by atoms with Crippen LogP contribution in [0.15, 0.2) is 30.6 Å². The summed E-state index contributed by atoms with van der Waals surface area (Å²) in [6.45, 7) is 1.23. The molecule has 0 bridgehead atoms. The average molecular weight is 258 g/mol.